The smallest absolute Gasteiger partial charge is 0.410 e. The average Bonchev–Trinajstić information content (AvgIpc) is 2.54. The Morgan fingerprint density at radius 2 is 2.00 bits per heavy atom. The number of carbonyl (C=O) groups is 2. The van der Waals surface area contributed by atoms with Gasteiger partial charge in [-0.05, 0) is 43.1 Å². The van der Waals surface area contributed by atoms with Crippen LogP contribution in [0, 0.1) is 0 Å². The van der Waals surface area contributed by atoms with Crippen LogP contribution in [-0.4, -0.2) is 43.8 Å². The Labute approximate surface area is 131 Å². The third-order valence-corrected chi connectivity index (χ3v) is 3.64. The number of carbonyl (C=O) groups excluding carboxylic acids is 1. The highest BCUT2D eigenvalue weighted by molar-refractivity contribution is 9.10. The van der Waals surface area contributed by atoms with Crippen molar-refractivity contribution in [3.8, 4) is 0 Å². The van der Waals surface area contributed by atoms with E-state index < -0.39 is 17.7 Å². The zero-order valence-electron chi connectivity index (χ0n) is 12.2. The molecule has 1 amide bonds. The number of aromatic nitrogens is 2. The molecule has 21 heavy (non-hydrogen) atoms. The molecule has 0 unspecified atom stereocenters. The van der Waals surface area contributed by atoms with Crippen LogP contribution in [0.15, 0.2) is 4.73 Å². The number of fused-ring (bicyclic) bond motifs is 1. The minimum absolute atomic E-state index is 0.0302. The number of hydrogen-bond acceptors (Lipinski definition) is 4. The van der Waals surface area contributed by atoms with Crippen molar-refractivity contribution in [2.75, 3.05) is 6.54 Å². The van der Waals surface area contributed by atoms with Crippen LogP contribution in [0.5, 0.6) is 0 Å². The topological polar surface area (TPSA) is 84.7 Å². The number of carboxylic acids is 1. The zero-order valence-corrected chi connectivity index (χ0v) is 13.8. The Kier molecular flexibility index (Phi) is 4.27. The quantitative estimate of drug-likeness (QED) is 0.832. The van der Waals surface area contributed by atoms with Crippen molar-refractivity contribution in [3.05, 3.63) is 16.1 Å². The van der Waals surface area contributed by atoms with Gasteiger partial charge in [0.05, 0.1) is 12.2 Å². The molecular formula is C13H18BrN3O4. The summed E-state index contributed by atoms with van der Waals surface area (Å²) in [5.41, 5.74) is -0.102. The van der Waals surface area contributed by atoms with Gasteiger partial charge in [-0.2, -0.15) is 0 Å². The molecule has 2 heterocycles. The maximum absolute atomic E-state index is 12.2. The molecule has 0 saturated heterocycles. The second-order valence-corrected chi connectivity index (χ2v) is 6.60. The molecule has 1 N–H and O–H groups in total. The summed E-state index contributed by atoms with van der Waals surface area (Å²) in [6, 6.07) is 0. The first-order valence-electron chi connectivity index (χ1n) is 6.65. The number of ether oxygens (including phenoxy) is 1. The van der Waals surface area contributed by atoms with Gasteiger partial charge in [-0.1, -0.05) is 0 Å². The van der Waals surface area contributed by atoms with Crippen molar-refractivity contribution in [2.24, 2.45) is 0 Å². The van der Waals surface area contributed by atoms with Gasteiger partial charge in [0.15, 0.2) is 10.4 Å². The van der Waals surface area contributed by atoms with Crippen LogP contribution >= 0.6 is 15.9 Å². The average molecular weight is 360 g/mol. The molecule has 2 rings (SSSR count). The Bertz CT molecular complexity index is 577. The van der Waals surface area contributed by atoms with Crippen molar-refractivity contribution in [2.45, 2.75) is 45.9 Å². The van der Waals surface area contributed by atoms with E-state index >= 15 is 0 Å². The van der Waals surface area contributed by atoms with Crippen LogP contribution in [0.4, 0.5) is 4.79 Å². The first-order chi connectivity index (χ1) is 9.69. The fourth-order valence-electron chi connectivity index (χ4n) is 2.18. The van der Waals surface area contributed by atoms with Crippen LogP contribution in [0.2, 0.25) is 0 Å². The summed E-state index contributed by atoms with van der Waals surface area (Å²) in [7, 11) is 0. The molecule has 0 saturated carbocycles. The minimum Gasteiger partial charge on any atom is -0.476 e. The summed E-state index contributed by atoms with van der Waals surface area (Å²) in [5.74, 6) is -1.10. The molecule has 0 spiro atoms. The van der Waals surface area contributed by atoms with Gasteiger partial charge in [0.2, 0.25) is 0 Å². The number of halogens is 1. The molecular weight excluding hydrogens is 342 g/mol. The minimum atomic E-state index is -1.10. The molecule has 0 fully saturated rings. The van der Waals surface area contributed by atoms with E-state index in [9.17, 15) is 14.7 Å². The zero-order chi connectivity index (χ0) is 15.8. The summed E-state index contributed by atoms with van der Waals surface area (Å²) < 4.78 is 7.61. The molecule has 0 atom stereocenters. The lowest BCUT2D eigenvalue weighted by Crippen LogP contribution is -2.36. The highest BCUT2D eigenvalue weighted by Gasteiger charge is 2.29. The lowest BCUT2D eigenvalue weighted by atomic mass is 10.2. The van der Waals surface area contributed by atoms with Gasteiger partial charge in [-0.15, -0.1) is 0 Å². The van der Waals surface area contributed by atoms with Crippen LogP contribution in [-0.2, 0) is 17.8 Å². The Morgan fingerprint density at radius 3 is 2.57 bits per heavy atom. The van der Waals surface area contributed by atoms with E-state index in [4.69, 9.17) is 4.74 Å². The first kappa shape index (κ1) is 15.8. The van der Waals surface area contributed by atoms with Crippen molar-refractivity contribution in [1.29, 1.82) is 0 Å². The molecule has 7 nitrogen and oxygen atoms in total. The lowest BCUT2D eigenvalue weighted by molar-refractivity contribution is 0.0234. The largest absolute Gasteiger partial charge is 0.476 e. The van der Waals surface area contributed by atoms with Gasteiger partial charge >= 0.3 is 12.1 Å². The van der Waals surface area contributed by atoms with Crippen molar-refractivity contribution < 1.29 is 19.4 Å². The summed E-state index contributed by atoms with van der Waals surface area (Å²) in [4.78, 5) is 29.0. The molecule has 0 aliphatic carbocycles. The van der Waals surface area contributed by atoms with E-state index in [-0.39, 0.29) is 12.2 Å². The summed E-state index contributed by atoms with van der Waals surface area (Å²) in [5, 5.41) is 9.23. The van der Waals surface area contributed by atoms with Gasteiger partial charge in [-0.25, -0.2) is 14.6 Å². The molecule has 1 aliphatic heterocycles. The maximum Gasteiger partial charge on any atom is 0.410 e. The fraction of sp³-hybridized carbons (Fsp3) is 0.615. The van der Waals surface area contributed by atoms with Crippen LogP contribution in [0.1, 0.15) is 43.4 Å². The number of aromatic carboxylic acids is 1. The van der Waals surface area contributed by atoms with Gasteiger partial charge in [-0.3, -0.25) is 0 Å². The highest BCUT2D eigenvalue weighted by atomic mass is 79.9. The molecule has 1 aliphatic rings. The van der Waals surface area contributed by atoms with E-state index in [1.165, 1.54) is 4.90 Å². The Balaban J connectivity index is 2.28. The summed E-state index contributed by atoms with van der Waals surface area (Å²) >= 11 is 3.27. The highest BCUT2D eigenvalue weighted by Crippen LogP contribution is 2.23. The second-order valence-electron chi connectivity index (χ2n) is 5.89. The van der Waals surface area contributed by atoms with Crippen LogP contribution in [0.25, 0.3) is 0 Å². The van der Waals surface area contributed by atoms with Crippen LogP contribution in [0.3, 0.4) is 0 Å². The molecule has 0 aromatic carbocycles. The predicted octanol–water partition coefficient (Wildman–Crippen LogP) is 2.48. The maximum atomic E-state index is 12.2. The van der Waals surface area contributed by atoms with Crippen molar-refractivity contribution in [3.63, 3.8) is 0 Å². The SMILES string of the molecule is CC(C)(C)OC(=O)N1CCCn2c(Br)nc(C(=O)O)c2C1. The Morgan fingerprint density at radius 1 is 1.33 bits per heavy atom. The van der Waals surface area contributed by atoms with Gasteiger partial charge in [0.1, 0.15) is 5.60 Å². The van der Waals surface area contributed by atoms with Crippen molar-refractivity contribution in [1.82, 2.24) is 14.5 Å². The molecule has 1 aromatic rings. The van der Waals surface area contributed by atoms with E-state index in [1.807, 2.05) is 0 Å². The summed E-state index contributed by atoms with van der Waals surface area (Å²) in [6.07, 6.45) is 0.268. The number of amides is 1. The number of carboxylic acid groups (broad SMARTS) is 1. The monoisotopic (exact) mass is 359 g/mol. The summed E-state index contributed by atoms with van der Waals surface area (Å²) in [6.45, 7) is 6.69. The normalized spacial score (nSPS) is 15.3. The van der Waals surface area contributed by atoms with Crippen LogP contribution < -0.4 is 0 Å². The molecule has 116 valence electrons. The first-order valence-corrected chi connectivity index (χ1v) is 7.44. The second kappa shape index (κ2) is 5.67. The molecule has 0 bridgehead atoms. The third-order valence-electron chi connectivity index (χ3n) is 3.03. The number of nitrogens with zero attached hydrogens (tertiary/aromatic N) is 3. The number of imidazole rings is 1. The van der Waals surface area contributed by atoms with Crippen molar-refractivity contribution >= 4 is 28.0 Å². The van der Waals surface area contributed by atoms with Gasteiger partial charge < -0.3 is 19.3 Å². The third kappa shape index (κ3) is 3.55. The predicted molar refractivity (Wildman–Crippen MR) is 78.1 cm³/mol. The van der Waals surface area contributed by atoms with E-state index in [0.717, 1.165) is 0 Å². The lowest BCUT2D eigenvalue weighted by Gasteiger charge is -2.26. The molecule has 0 radical (unpaired) electrons. The molecule has 1 aromatic heterocycles. The van der Waals surface area contributed by atoms with Gasteiger partial charge in [0.25, 0.3) is 0 Å². The standard InChI is InChI=1S/C13H18BrN3O4/c1-13(2,3)21-12(20)16-5-4-6-17-8(7-16)9(10(18)19)15-11(17)14/h4-7H2,1-3H3,(H,18,19). The number of hydrogen-bond donors (Lipinski definition) is 1. The van der Waals surface area contributed by atoms with E-state index in [0.29, 0.717) is 29.9 Å². The number of rotatable bonds is 1. The molecule has 8 heteroatoms. The van der Waals surface area contributed by atoms with E-state index in [1.54, 1.807) is 25.3 Å². The Hall–Kier alpha value is -1.57. The van der Waals surface area contributed by atoms with Gasteiger partial charge in [0, 0.05) is 13.1 Å². The van der Waals surface area contributed by atoms with E-state index in [2.05, 4.69) is 20.9 Å². The fourth-order valence-corrected chi connectivity index (χ4v) is 2.75.